The van der Waals surface area contributed by atoms with Gasteiger partial charge in [-0.25, -0.2) is 0 Å². The van der Waals surface area contributed by atoms with Crippen LogP contribution in [0, 0.1) is 0 Å². The number of amides is 1. The smallest absolute Gasteiger partial charge is 0.287 e. The van der Waals surface area contributed by atoms with Gasteiger partial charge in [0.2, 0.25) is 0 Å². The number of para-hydroxylation sites is 1. The summed E-state index contributed by atoms with van der Waals surface area (Å²) in [5.74, 6) is 0.588. The van der Waals surface area contributed by atoms with E-state index in [1.807, 2.05) is 35.8 Å². The van der Waals surface area contributed by atoms with E-state index in [-0.39, 0.29) is 11.7 Å². The average Bonchev–Trinajstić information content (AvgIpc) is 3.35. The molecule has 6 heteroatoms. The van der Waals surface area contributed by atoms with Crippen LogP contribution in [0.4, 0.5) is 0 Å². The summed E-state index contributed by atoms with van der Waals surface area (Å²) in [6.45, 7) is 0.373. The summed E-state index contributed by atoms with van der Waals surface area (Å²) in [6.07, 6.45) is 3.57. The molecule has 0 bridgehead atoms. The van der Waals surface area contributed by atoms with Gasteiger partial charge in [0.05, 0.1) is 7.11 Å². The van der Waals surface area contributed by atoms with Gasteiger partial charge in [0.15, 0.2) is 17.1 Å². The van der Waals surface area contributed by atoms with E-state index in [2.05, 4.69) is 15.7 Å². The van der Waals surface area contributed by atoms with E-state index in [0.29, 0.717) is 17.9 Å². The fraction of sp³-hybridized carbons (Fsp3) is 0.100. The fourth-order valence-corrected chi connectivity index (χ4v) is 3.41. The zero-order valence-electron chi connectivity index (χ0n) is 14.1. The van der Waals surface area contributed by atoms with Gasteiger partial charge < -0.3 is 14.5 Å². The topological polar surface area (TPSA) is 64.4 Å². The van der Waals surface area contributed by atoms with Gasteiger partial charge in [0.1, 0.15) is 0 Å². The predicted molar refractivity (Wildman–Crippen MR) is 101 cm³/mol. The molecule has 3 heterocycles. The van der Waals surface area contributed by atoms with Crippen molar-refractivity contribution in [3.8, 4) is 16.9 Å². The van der Waals surface area contributed by atoms with Gasteiger partial charge in [0, 0.05) is 29.9 Å². The Balaban J connectivity index is 1.50. The highest BCUT2D eigenvalue weighted by molar-refractivity contribution is 7.08. The number of hydrogen-bond acceptors (Lipinski definition) is 5. The van der Waals surface area contributed by atoms with Crippen molar-refractivity contribution in [3.05, 3.63) is 70.9 Å². The van der Waals surface area contributed by atoms with E-state index in [0.717, 1.165) is 22.1 Å². The van der Waals surface area contributed by atoms with Gasteiger partial charge in [-0.1, -0.05) is 12.1 Å². The van der Waals surface area contributed by atoms with E-state index >= 15 is 0 Å². The Labute approximate surface area is 154 Å². The third-order valence-corrected chi connectivity index (χ3v) is 4.74. The molecule has 0 atom stereocenters. The van der Waals surface area contributed by atoms with Crippen LogP contribution >= 0.6 is 11.3 Å². The van der Waals surface area contributed by atoms with Crippen LogP contribution in [0.3, 0.4) is 0 Å². The van der Waals surface area contributed by atoms with Gasteiger partial charge in [-0.15, -0.1) is 0 Å². The molecule has 1 amide bonds. The lowest BCUT2D eigenvalue weighted by Gasteiger charge is -2.05. The van der Waals surface area contributed by atoms with Crippen LogP contribution in [0.15, 0.2) is 64.0 Å². The van der Waals surface area contributed by atoms with Crippen molar-refractivity contribution in [2.75, 3.05) is 7.11 Å². The zero-order valence-corrected chi connectivity index (χ0v) is 14.9. The van der Waals surface area contributed by atoms with Crippen molar-refractivity contribution in [1.82, 2.24) is 10.3 Å². The Morgan fingerprint density at radius 2 is 2.15 bits per heavy atom. The van der Waals surface area contributed by atoms with Crippen LogP contribution in [-0.4, -0.2) is 18.0 Å². The van der Waals surface area contributed by atoms with Crippen molar-refractivity contribution in [1.29, 1.82) is 0 Å². The Morgan fingerprint density at radius 1 is 1.23 bits per heavy atom. The fourth-order valence-electron chi connectivity index (χ4n) is 2.75. The number of hydrogen-bond donors (Lipinski definition) is 1. The van der Waals surface area contributed by atoms with Crippen LogP contribution in [0.25, 0.3) is 22.1 Å². The molecule has 0 unspecified atom stereocenters. The molecule has 0 radical (unpaired) electrons. The van der Waals surface area contributed by atoms with Crippen molar-refractivity contribution in [2.24, 2.45) is 0 Å². The molecule has 0 fully saturated rings. The number of methoxy groups -OCH3 is 1. The standard InChI is InChI=1S/C20H16N2O3S/c1-24-17-4-2-3-14-8-18(25-19(14)17)20(23)22-10-13-7-16(11-21-9-13)15-5-6-26-12-15/h2-9,11-12H,10H2,1H3,(H,22,23). The summed E-state index contributed by atoms with van der Waals surface area (Å²) in [5, 5.41) is 7.80. The molecule has 4 aromatic rings. The molecule has 1 aromatic carbocycles. The first-order chi connectivity index (χ1) is 12.7. The molecule has 4 rings (SSSR count). The highest BCUT2D eigenvalue weighted by Gasteiger charge is 2.14. The van der Waals surface area contributed by atoms with E-state index in [4.69, 9.17) is 9.15 Å². The lowest BCUT2D eigenvalue weighted by atomic mass is 10.1. The second-order valence-corrected chi connectivity index (χ2v) is 6.55. The van der Waals surface area contributed by atoms with Gasteiger partial charge in [0.25, 0.3) is 5.91 Å². The number of nitrogens with zero attached hydrogens (tertiary/aromatic N) is 1. The normalized spacial score (nSPS) is 10.8. The molecule has 130 valence electrons. The van der Waals surface area contributed by atoms with E-state index in [1.54, 1.807) is 36.8 Å². The number of fused-ring (bicyclic) bond motifs is 1. The minimum atomic E-state index is -0.274. The minimum Gasteiger partial charge on any atom is -0.493 e. The first-order valence-electron chi connectivity index (χ1n) is 8.06. The summed E-state index contributed by atoms with van der Waals surface area (Å²) < 4.78 is 10.9. The predicted octanol–water partition coefficient (Wildman–Crippen LogP) is 4.49. The van der Waals surface area contributed by atoms with Crippen LogP contribution in [0.1, 0.15) is 16.1 Å². The second-order valence-electron chi connectivity index (χ2n) is 5.77. The van der Waals surface area contributed by atoms with E-state index in [9.17, 15) is 4.79 Å². The molecule has 1 N–H and O–H groups in total. The lowest BCUT2D eigenvalue weighted by molar-refractivity contribution is 0.0925. The summed E-state index contributed by atoms with van der Waals surface area (Å²) in [7, 11) is 1.57. The van der Waals surface area contributed by atoms with Gasteiger partial charge in [-0.2, -0.15) is 11.3 Å². The Morgan fingerprint density at radius 3 is 2.96 bits per heavy atom. The zero-order chi connectivity index (χ0) is 17.9. The van der Waals surface area contributed by atoms with Crippen molar-refractivity contribution >= 4 is 28.2 Å². The first-order valence-corrected chi connectivity index (χ1v) is 9.00. The number of aromatic nitrogens is 1. The van der Waals surface area contributed by atoms with Crippen LogP contribution < -0.4 is 10.1 Å². The van der Waals surface area contributed by atoms with Crippen LogP contribution in [-0.2, 0) is 6.54 Å². The molecule has 5 nitrogen and oxygen atoms in total. The number of ether oxygens (including phenoxy) is 1. The van der Waals surface area contributed by atoms with Crippen molar-refractivity contribution in [2.45, 2.75) is 6.54 Å². The molecule has 0 aliphatic heterocycles. The van der Waals surface area contributed by atoms with Gasteiger partial charge in [-0.05, 0) is 46.2 Å². The molecule has 0 aliphatic carbocycles. The average molecular weight is 364 g/mol. The molecule has 3 aromatic heterocycles. The monoisotopic (exact) mass is 364 g/mol. The van der Waals surface area contributed by atoms with Crippen molar-refractivity contribution < 1.29 is 13.9 Å². The maximum atomic E-state index is 12.4. The highest BCUT2D eigenvalue weighted by Crippen LogP contribution is 2.28. The molecule has 0 aliphatic rings. The van der Waals surface area contributed by atoms with Gasteiger partial charge >= 0.3 is 0 Å². The van der Waals surface area contributed by atoms with Crippen molar-refractivity contribution in [3.63, 3.8) is 0 Å². The molecule has 26 heavy (non-hydrogen) atoms. The van der Waals surface area contributed by atoms with E-state index in [1.165, 1.54) is 0 Å². The number of carbonyl (C=O) groups excluding carboxylic acids is 1. The molecular weight excluding hydrogens is 348 g/mol. The second kappa shape index (κ2) is 7.01. The maximum Gasteiger partial charge on any atom is 0.287 e. The van der Waals surface area contributed by atoms with Gasteiger partial charge in [-0.3, -0.25) is 9.78 Å². The first kappa shape index (κ1) is 16.4. The number of furan rings is 1. The highest BCUT2D eigenvalue weighted by atomic mass is 32.1. The third kappa shape index (κ3) is 3.19. The molecule has 0 saturated carbocycles. The summed E-state index contributed by atoms with van der Waals surface area (Å²) in [4.78, 5) is 16.7. The Kier molecular flexibility index (Phi) is 4.41. The number of carbonyl (C=O) groups is 1. The molecule has 0 spiro atoms. The summed E-state index contributed by atoms with van der Waals surface area (Å²) >= 11 is 1.64. The van der Waals surface area contributed by atoms with Crippen LogP contribution in [0.5, 0.6) is 5.75 Å². The Bertz CT molecular complexity index is 1050. The summed E-state index contributed by atoms with van der Waals surface area (Å²) in [5.41, 5.74) is 3.66. The summed E-state index contributed by atoms with van der Waals surface area (Å²) in [6, 6.07) is 11.3. The SMILES string of the molecule is COc1cccc2cc(C(=O)NCc3cncc(-c4ccsc4)c3)oc12. The third-order valence-electron chi connectivity index (χ3n) is 4.05. The number of pyridine rings is 1. The number of thiophene rings is 1. The quantitative estimate of drug-likeness (QED) is 0.566. The molecule has 0 saturated heterocycles. The van der Waals surface area contributed by atoms with Crippen LogP contribution in [0.2, 0.25) is 0 Å². The minimum absolute atomic E-state index is 0.256. The maximum absolute atomic E-state index is 12.4. The van der Waals surface area contributed by atoms with E-state index < -0.39 is 0 Å². The number of nitrogens with one attached hydrogen (secondary N) is 1. The Hall–Kier alpha value is -3.12. The largest absolute Gasteiger partial charge is 0.493 e. The number of rotatable bonds is 5. The lowest BCUT2D eigenvalue weighted by Crippen LogP contribution is -2.22. The molecular formula is C20H16N2O3S. The number of benzene rings is 1.